The van der Waals surface area contributed by atoms with Crippen LogP contribution < -0.4 is 10.1 Å². The summed E-state index contributed by atoms with van der Waals surface area (Å²) < 4.78 is 46.2. The van der Waals surface area contributed by atoms with Crippen LogP contribution in [0.3, 0.4) is 0 Å². The van der Waals surface area contributed by atoms with E-state index in [1.54, 1.807) is 11.1 Å². The van der Waals surface area contributed by atoms with Gasteiger partial charge in [-0.25, -0.2) is 9.78 Å². The predicted molar refractivity (Wildman–Crippen MR) is 94.6 cm³/mol. The molecule has 1 aromatic carbocycles. The van der Waals surface area contributed by atoms with Gasteiger partial charge in [-0.1, -0.05) is 0 Å². The average molecular weight is 398 g/mol. The number of ether oxygens (including phenoxy) is 2. The van der Waals surface area contributed by atoms with Crippen molar-refractivity contribution in [3.05, 3.63) is 36.3 Å². The molecule has 1 atom stereocenters. The van der Waals surface area contributed by atoms with Crippen molar-refractivity contribution in [3.8, 4) is 17.0 Å². The van der Waals surface area contributed by atoms with Crippen molar-refractivity contribution in [2.24, 2.45) is 0 Å². The Bertz CT molecular complexity index is 805. The number of alkyl halides is 3. The Balaban J connectivity index is 1.76. The molecule has 0 radical (unpaired) electrons. The number of aromatic nitrogens is 2. The molecule has 1 aliphatic rings. The van der Waals surface area contributed by atoms with E-state index >= 15 is 0 Å². The average Bonchev–Trinajstić information content (AvgIpc) is 3.10. The second-order valence-corrected chi connectivity index (χ2v) is 6.64. The lowest BCUT2D eigenvalue weighted by molar-refractivity contribution is -0.274. The number of hydrogen-bond acceptors (Lipinski definition) is 4. The third kappa shape index (κ3) is 4.94. The monoisotopic (exact) mass is 398 g/mol. The van der Waals surface area contributed by atoms with Crippen molar-refractivity contribution >= 4 is 6.03 Å². The minimum atomic E-state index is -4.73. The van der Waals surface area contributed by atoms with E-state index in [1.807, 2.05) is 13.8 Å². The molecule has 2 aromatic rings. The van der Waals surface area contributed by atoms with E-state index in [1.165, 1.54) is 24.3 Å². The molecule has 2 heterocycles. The molecule has 2 N–H and O–H groups in total. The minimum absolute atomic E-state index is 0.000545. The summed E-state index contributed by atoms with van der Waals surface area (Å²) in [6.07, 6.45) is -3.16. The SMILES string of the molecule is CC(C)NC(=O)N1CCOC[C@H]1c1ncc(-c2ccc(OC(F)(F)F)cc2)[nH]1. The summed E-state index contributed by atoms with van der Waals surface area (Å²) in [4.78, 5) is 21.6. The van der Waals surface area contributed by atoms with Crippen LogP contribution in [0.15, 0.2) is 30.5 Å². The molecule has 1 aromatic heterocycles. The first kappa shape index (κ1) is 20.0. The van der Waals surface area contributed by atoms with Crippen molar-refractivity contribution in [2.45, 2.75) is 32.3 Å². The number of morpholine rings is 1. The van der Waals surface area contributed by atoms with E-state index in [0.717, 1.165) is 0 Å². The zero-order valence-electron chi connectivity index (χ0n) is 15.4. The Morgan fingerprint density at radius 2 is 2.07 bits per heavy atom. The highest BCUT2D eigenvalue weighted by Crippen LogP contribution is 2.28. The largest absolute Gasteiger partial charge is 0.573 e. The minimum Gasteiger partial charge on any atom is -0.406 e. The lowest BCUT2D eigenvalue weighted by Gasteiger charge is -2.34. The van der Waals surface area contributed by atoms with Gasteiger partial charge in [0.05, 0.1) is 25.1 Å². The molecule has 2 amide bonds. The van der Waals surface area contributed by atoms with Crippen LogP contribution in [-0.4, -0.2) is 53.1 Å². The summed E-state index contributed by atoms with van der Waals surface area (Å²) in [7, 11) is 0. The molecule has 7 nitrogen and oxygen atoms in total. The summed E-state index contributed by atoms with van der Waals surface area (Å²) in [5.74, 6) is 0.248. The fourth-order valence-corrected chi connectivity index (χ4v) is 2.89. The van der Waals surface area contributed by atoms with Crippen LogP contribution in [-0.2, 0) is 4.74 Å². The summed E-state index contributed by atoms with van der Waals surface area (Å²) in [5, 5.41) is 2.86. The quantitative estimate of drug-likeness (QED) is 0.827. The number of benzene rings is 1. The van der Waals surface area contributed by atoms with E-state index in [9.17, 15) is 18.0 Å². The second-order valence-electron chi connectivity index (χ2n) is 6.64. The fourth-order valence-electron chi connectivity index (χ4n) is 2.89. The summed E-state index contributed by atoms with van der Waals surface area (Å²) in [5.41, 5.74) is 1.26. The molecule has 0 aliphatic carbocycles. The third-order valence-corrected chi connectivity index (χ3v) is 4.11. The molecule has 1 saturated heterocycles. The first-order chi connectivity index (χ1) is 13.2. The van der Waals surface area contributed by atoms with Gasteiger partial charge in [-0.05, 0) is 43.7 Å². The fraction of sp³-hybridized carbons (Fsp3) is 0.444. The molecule has 10 heteroatoms. The number of nitrogens with zero attached hydrogens (tertiary/aromatic N) is 2. The summed E-state index contributed by atoms with van der Waals surface area (Å²) >= 11 is 0. The number of imidazole rings is 1. The highest BCUT2D eigenvalue weighted by molar-refractivity contribution is 5.75. The topological polar surface area (TPSA) is 79.5 Å². The van der Waals surface area contributed by atoms with Gasteiger partial charge in [0.1, 0.15) is 17.6 Å². The van der Waals surface area contributed by atoms with Crippen molar-refractivity contribution in [2.75, 3.05) is 19.8 Å². The molecule has 1 aliphatic heterocycles. The number of H-pyrrole nitrogens is 1. The van der Waals surface area contributed by atoms with E-state index in [2.05, 4.69) is 20.0 Å². The number of amides is 2. The molecule has 0 spiro atoms. The molecular formula is C18H21F3N4O3. The van der Waals surface area contributed by atoms with Gasteiger partial charge in [0, 0.05) is 12.6 Å². The maximum atomic E-state index is 12.4. The van der Waals surface area contributed by atoms with E-state index in [-0.39, 0.29) is 23.9 Å². The van der Waals surface area contributed by atoms with Crippen LogP contribution in [0, 0.1) is 0 Å². The van der Waals surface area contributed by atoms with Crippen LogP contribution in [0.5, 0.6) is 5.75 Å². The highest BCUT2D eigenvalue weighted by atomic mass is 19.4. The first-order valence-corrected chi connectivity index (χ1v) is 8.79. The number of carbonyl (C=O) groups is 1. The Hall–Kier alpha value is -2.75. The number of nitrogens with one attached hydrogen (secondary N) is 2. The molecule has 0 saturated carbocycles. The van der Waals surface area contributed by atoms with E-state index < -0.39 is 6.36 Å². The lowest BCUT2D eigenvalue weighted by Crippen LogP contribution is -2.50. The van der Waals surface area contributed by atoms with Crippen LogP contribution in [0.2, 0.25) is 0 Å². The van der Waals surface area contributed by atoms with Crippen LogP contribution in [0.25, 0.3) is 11.3 Å². The normalized spacial score (nSPS) is 17.6. The number of carbonyl (C=O) groups excluding carboxylic acids is 1. The third-order valence-electron chi connectivity index (χ3n) is 4.11. The number of aromatic amines is 1. The zero-order valence-corrected chi connectivity index (χ0v) is 15.4. The number of halogens is 3. The predicted octanol–water partition coefficient (Wildman–Crippen LogP) is 3.47. The second kappa shape index (κ2) is 8.09. The Kier molecular flexibility index (Phi) is 5.78. The molecule has 0 bridgehead atoms. The van der Waals surface area contributed by atoms with Crippen molar-refractivity contribution in [1.29, 1.82) is 0 Å². The number of hydrogen-bond donors (Lipinski definition) is 2. The molecule has 152 valence electrons. The van der Waals surface area contributed by atoms with E-state index in [4.69, 9.17) is 4.74 Å². The lowest BCUT2D eigenvalue weighted by atomic mass is 10.1. The number of rotatable bonds is 4. The van der Waals surface area contributed by atoms with Gasteiger partial charge in [-0.15, -0.1) is 13.2 Å². The zero-order chi connectivity index (χ0) is 20.3. The Morgan fingerprint density at radius 1 is 1.36 bits per heavy atom. The van der Waals surface area contributed by atoms with Crippen LogP contribution >= 0.6 is 0 Å². The molecule has 0 unspecified atom stereocenters. The Labute approximate surface area is 159 Å². The van der Waals surface area contributed by atoms with Crippen LogP contribution in [0.4, 0.5) is 18.0 Å². The van der Waals surface area contributed by atoms with Gasteiger partial charge in [0.15, 0.2) is 0 Å². The smallest absolute Gasteiger partial charge is 0.406 e. The van der Waals surface area contributed by atoms with Crippen molar-refractivity contribution in [3.63, 3.8) is 0 Å². The standard InChI is InChI=1S/C18H21F3N4O3/c1-11(2)23-17(26)25-7-8-27-10-15(25)16-22-9-14(24-16)12-3-5-13(6-4-12)28-18(19,20)21/h3-6,9,11,15H,7-8,10H2,1-2H3,(H,22,24)(H,23,26)/t15-/m0/s1. The van der Waals surface area contributed by atoms with Crippen molar-refractivity contribution < 1.29 is 27.4 Å². The van der Waals surface area contributed by atoms with Crippen LogP contribution in [0.1, 0.15) is 25.7 Å². The summed E-state index contributed by atoms with van der Waals surface area (Å²) in [6.45, 7) is 4.94. The molecule has 1 fully saturated rings. The maximum absolute atomic E-state index is 12.4. The van der Waals surface area contributed by atoms with Gasteiger partial charge in [0.25, 0.3) is 0 Å². The van der Waals surface area contributed by atoms with Gasteiger partial charge < -0.3 is 24.7 Å². The number of urea groups is 1. The molecule has 3 rings (SSSR count). The maximum Gasteiger partial charge on any atom is 0.573 e. The van der Waals surface area contributed by atoms with Gasteiger partial charge in [0.2, 0.25) is 0 Å². The summed E-state index contributed by atoms with van der Waals surface area (Å²) in [6, 6.07) is 4.88. The molecular weight excluding hydrogens is 377 g/mol. The van der Waals surface area contributed by atoms with Crippen molar-refractivity contribution in [1.82, 2.24) is 20.2 Å². The van der Waals surface area contributed by atoms with Gasteiger partial charge >= 0.3 is 12.4 Å². The Morgan fingerprint density at radius 3 is 2.71 bits per heavy atom. The van der Waals surface area contributed by atoms with Gasteiger partial charge in [-0.3, -0.25) is 0 Å². The first-order valence-electron chi connectivity index (χ1n) is 8.79. The van der Waals surface area contributed by atoms with Gasteiger partial charge in [-0.2, -0.15) is 0 Å². The molecule has 28 heavy (non-hydrogen) atoms. The van der Waals surface area contributed by atoms with E-state index in [0.29, 0.717) is 36.8 Å². The highest BCUT2D eigenvalue weighted by Gasteiger charge is 2.32.